The molecule has 0 aromatic carbocycles. The molecule has 0 aromatic rings. The number of allylic oxidation sites excluding steroid dienone is 1. The third-order valence-electron chi connectivity index (χ3n) is 10.6. The molecule has 0 saturated heterocycles. The first-order chi connectivity index (χ1) is 15.1. The van der Waals surface area contributed by atoms with E-state index < -0.39 is 6.10 Å². The summed E-state index contributed by atoms with van der Waals surface area (Å²) in [6.45, 7) is 13.8. The monoisotopic (exact) mass is 444 g/mol. The van der Waals surface area contributed by atoms with Gasteiger partial charge >= 0.3 is 5.97 Å². The number of aliphatic hydroxyl groups excluding tert-OH is 1. The third-order valence-corrected chi connectivity index (χ3v) is 10.6. The average Bonchev–Trinajstić information content (AvgIpc) is 3.05. The number of carbonyl (C=O) groups excluding carboxylic acids is 1. The summed E-state index contributed by atoms with van der Waals surface area (Å²) in [6, 6.07) is 0. The molecule has 3 heteroatoms. The van der Waals surface area contributed by atoms with E-state index in [0.717, 1.165) is 36.0 Å². The Kier molecular flexibility index (Phi) is 6.90. The van der Waals surface area contributed by atoms with Crippen molar-refractivity contribution in [3.05, 3.63) is 11.6 Å². The lowest BCUT2D eigenvalue weighted by molar-refractivity contribution is -0.160. The number of fused-ring (bicyclic) bond motifs is 5. The van der Waals surface area contributed by atoms with Gasteiger partial charge in [-0.05, 0) is 91.3 Å². The summed E-state index contributed by atoms with van der Waals surface area (Å²) in [5.41, 5.74) is 2.00. The fourth-order valence-corrected chi connectivity index (χ4v) is 9.02. The van der Waals surface area contributed by atoms with Crippen LogP contribution in [0.1, 0.15) is 106 Å². The molecule has 1 N–H and O–H groups in total. The van der Waals surface area contributed by atoms with Crippen LogP contribution < -0.4 is 0 Å². The second-order valence-corrected chi connectivity index (χ2v) is 12.9. The molecular weight excluding hydrogens is 396 g/mol. The number of rotatable bonds is 6. The van der Waals surface area contributed by atoms with Crippen molar-refractivity contribution in [3.8, 4) is 0 Å². The van der Waals surface area contributed by atoms with Gasteiger partial charge in [0.25, 0.3) is 0 Å². The van der Waals surface area contributed by atoms with Crippen molar-refractivity contribution < 1.29 is 14.6 Å². The Morgan fingerprint density at radius 3 is 2.59 bits per heavy atom. The first-order valence-corrected chi connectivity index (χ1v) is 13.6. The highest BCUT2D eigenvalue weighted by molar-refractivity contribution is 5.66. The number of esters is 1. The highest BCUT2D eigenvalue weighted by Gasteiger charge is 2.60. The molecule has 3 nitrogen and oxygen atoms in total. The second kappa shape index (κ2) is 9.08. The molecule has 0 heterocycles. The number of carbonyl (C=O) groups is 1. The van der Waals surface area contributed by atoms with E-state index in [2.05, 4.69) is 40.7 Å². The summed E-state index contributed by atoms with van der Waals surface area (Å²) in [5, 5.41) is 10.6. The van der Waals surface area contributed by atoms with Crippen LogP contribution in [0.3, 0.4) is 0 Å². The van der Waals surface area contributed by atoms with Gasteiger partial charge in [-0.3, -0.25) is 4.79 Å². The van der Waals surface area contributed by atoms with Crippen LogP contribution >= 0.6 is 0 Å². The maximum absolute atomic E-state index is 11.7. The van der Waals surface area contributed by atoms with E-state index >= 15 is 0 Å². The maximum atomic E-state index is 11.7. The van der Waals surface area contributed by atoms with Crippen molar-refractivity contribution in [1.29, 1.82) is 0 Å². The number of ether oxygens (including phenoxy) is 1. The highest BCUT2D eigenvalue weighted by Crippen LogP contribution is 2.67. The lowest BCUT2D eigenvalue weighted by Gasteiger charge is -2.59. The zero-order valence-electron chi connectivity index (χ0n) is 21.5. The molecule has 182 valence electrons. The summed E-state index contributed by atoms with van der Waals surface area (Å²) >= 11 is 0. The van der Waals surface area contributed by atoms with Gasteiger partial charge in [-0.2, -0.15) is 0 Å². The van der Waals surface area contributed by atoms with Crippen molar-refractivity contribution in [1.82, 2.24) is 0 Å². The Labute approximate surface area is 196 Å². The van der Waals surface area contributed by atoms with Crippen LogP contribution in [0.2, 0.25) is 0 Å². The number of hydrogen-bond donors (Lipinski definition) is 1. The summed E-state index contributed by atoms with van der Waals surface area (Å²) in [5.74, 6) is 4.51. The Balaban J connectivity index is 1.51. The molecule has 32 heavy (non-hydrogen) atoms. The molecule has 0 radical (unpaired) electrons. The molecule has 4 aliphatic rings. The lowest BCUT2D eigenvalue weighted by atomic mass is 9.46. The van der Waals surface area contributed by atoms with Crippen molar-refractivity contribution >= 4 is 5.97 Å². The van der Waals surface area contributed by atoms with Gasteiger partial charge in [-0.25, -0.2) is 0 Å². The van der Waals surface area contributed by atoms with Crippen molar-refractivity contribution in [2.24, 2.45) is 46.3 Å². The first kappa shape index (κ1) is 24.3. The van der Waals surface area contributed by atoms with Crippen molar-refractivity contribution in [3.63, 3.8) is 0 Å². The maximum Gasteiger partial charge on any atom is 0.302 e. The highest BCUT2D eigenvalue weighted by atomic mass is 16.6. The van der Waals surface area contributed by atoms with Crippen molar-refractivity contribution in [2.45, 2.75) is 118 Å². The van der Waals surface area contributed by atoms with Gasteiger partial charge in [-0.15, -0.1) is 0 Å². The summed E-state index contributed by atoms with van der Waals surface area (Å²) in [6.07, 6.45) is 13.8. The second-order valence-electron chi connectivity index (χ2n) is 12.9. The van der Waals surface area contributed by atoms with Crippen LogP contribution in [0.25, 0.3) is 0 Å². The predicted octanol–water partition coefficient (Wildman–Crippen LogP) is 6.93. The SMILES string of the molecule is CC(=O)OC1C[C@@]2(C)C(=CC[C@H]3[C@@H]4CC[C@H]([C@H](C)CCCC(C)C)[C@@]4(C)CC[C@@H]32)CC1O. The zero-order valence-corrected chi connectivity index (χ0v) is 21.5. The van der Waals surface area contributed by atoms with Crippen LogP contribution in [0, 0.1) is 46.3 Å². The minimum Gasteiger partial charge on any atom is -0.460 e. The predicted molar refractivity (Wildman–Crippen MR) is 130 cm³/mol. The summed E-state index contributed by atoms with van der Waals surface area (Å²) < 4.78 is 5.59. The molecule has 0 aliphatic heterocycles. The van der Waals surface area contributed by atoms with Gasteiger partial charge in [0.05, 0.1) is 6.10 Å². The summed E-state index contributed by atoms with van der Waals surface area (Å²) in [4.78, 5) is 11.7. The molecule has 3 saturated carbocycles. The lowest BCUT2D eigenvalue weighted by Crippen LogP contribution is -2.53. The topological polar surface area (TPSA) is 46.5 Å². The Morgan fingerprint density at radius 2 is 1.91 bits per heavy atom. The van der Waals surface area contributed by atoms with Gasteiger partial charge in [0, 0.05) is 6.92 Å². The molecule has 0 bridgehead atoms. The van der Waals surface area contributed by atoms with Crippen LogP contribution in [0.15, 0.2) is 11.6 Å². The van der Waals surface area contributed by atoms with E-state index in [1.807, 2.05) is 0 Å². The van der Waals surface area contributed by atoms with E-state index in [1.54, 1.807) is 0 Å². The van der Waals surface area contributed by atoms with Crippen LogP contribution in [-0.2, 0) is 9.53 Å². The standard InChI is InChI=1S/C29H48O3/c1-18(2)8-7-9-19(3)23-12-13-24-22-11-10-21-16-26(31)27(32-20(4)30)17-29(21,6)25(22)14-15-28(23,24)5/h10,18-19,22-27,31H,7-9,11-17H2,1-6H3/t19-,22+,23-,24+,25+,26?,27?,28-,29+/m1/s1. The molecular formula is C29H48O3. The molecule has 0 spiro atoms. The Hall–Kier alpha value is -0.830. The van der Waals surface area contributed by atoms with Gasteiger partial charge < -0.3 is 9.84 Å². The van der Waals surface area contributed by atoms with E-state index in [-0.39, 0.29) is 17.5 Å². The smallest absolute Gasteiger partial charge is 0.302 e. The van der Waals surface area contributed by atoms with E-state index in [1.165, 1.54) is 63.9 Å². The van der Waals surface area contributed by atoms with Gasteiger partial charge in [0.1, 0.15) is 6.10 Å². The molecule has 0 aromatic heterocycles. The fourth-order valence-electron chi connectivity index (χ4n) is 9.02. The largest absolute Gasteiger partial charge is 0.460 e. The summed E-state index contributed by atoms with van der Waals surface area (Å²) in [7, 11) is 0. The minimum absolute atomic E-state index is 0.0740. The molecule has 2 unspecified atom stereocenters. The Morgan fingerprint density at radius 1 is 1.16 bits per heavy atom. The minimum atomic E-state index is -0.550. The van der Waals surface area contributed by atoms with E-state index in [4.69, 9.17) is 4.74 Å². The molecule has 9 atom stereocenters. The molecule has 3 fully saturated rings. The molecule has 0 amide bonds. The first-order valence-electron chi connectivity index (χ1n) is 13.6. The number of aliphatic hydroxyl groups is 1. The van der Waals surface area contributed by atoms with Gasteiger partial charge in [0.2, 0.25) is 0 Å². The number of hydrogen-bond acceptors (Lipinski definition) is 3. The van der Waals surface area contributed by atoms with Crippen molar-refractivity contribution in [2.75, 3.05) is 0 Å². The fraction of sp³-hybridized carbons (Fsp3) is 0.897. The molecule has 4 rings (SSSR count). The van der Waals surface area contributed by atoms with E-state index in [9.17, 15) is 9.90 Å². The Bertz CT molecular complexity index is 726. The average molecular weight is 445 g/mol. The quantitative estimate of drug-likeness (QED) is 0.357. The normalized spacial score (nSPS) is 44.3. The van der Waals surface area contributed by atoms with Gasteiger partial charge in [0.15, 0.2) is 0 Å². The van der Waals surface area contributed by atoms with Crippen LogP contribution in [0.5, 0.6) is 0 Å². The zero-order chi connectivity index (χ0) is 23.3. The molecule has 4 aliphatic carbocycles. The van der Waals surface area contributed by atoms with Crippen LogP contribution in [0.4, 0.5) is 0 Å². The van der Waals surface area contributed by atoms with Crippen LogP contribution in [-0.4, -0.2) is 23.3 Å². The van der Waals surface area contributed by atoms with Gasteiger partial charge in [-0.1, -0.05) is 65.5 Å². The third kappa shape index (κ3) is 4.21. The van der Waals surface area contributed by atoms with E-state index in [0.29, 0.717) is 17.8 Å².